The van der Waals surface area contributed by atoms with Crippen LogP contribution in [0.15, 0.2) is 27.7 Å². The number of hydrogen-bond donors (Lipinski definition) is 2. The minimum atomic E-state index is -3.78. The SMILES string of the molecule is Cc1oc(S(=O)(=O)N(C)C)cc1C(=O)Nc1cc2c(cc1N)OCO2. The van der Waals surface area contributed by atoms with E-state index in [4.69, 9.17) is 19.6 Å². The number of carbonyl (C=O) groups is 1. The molecule has 0 saturated carbocycles. The van der Waals surface area contributed by atoms with E-state index in [-0.39, 0.29) is 23.2 Å². The number of anilines is 2. The Hall–Kier alpha value is -2.72. The lowest BCUT2D eigenvalue weighted by atomic mass is 10.2. The molecule has 0 atom stereocenters. The number of nitrogens with zero attached hydrogens (tertiary/aromatic N) is 1. The maximum absolute atomic E-state index is 12.5. The number of fused-ring (bicyclic) bond motifs is 1. The van der Waals surface area contributed by atoms with Crippen molar-refractivity contribution in [2.75, 3.05) is 31.9 Å². The number of furan rings is 1. The van der Waals surface area contributed by atoms with Gasteiger partial charge in [-0.15, -0.1) is 0 Å². The van der Waals surface area contributed by atoms with Crippen LogP contribution in [0.3, 0.4) is 0 Å². The number of ether oxygens (including phenoxy) is 2. The molecule has 10 heteroatoms. The first-order chi connectivity index (χ1) is 11.7. The van der Waals surface area contributed by atoms with Gasteiger partial charge in [-0.1, -0.05) is 0 Å². The van der Waals surface area contributed by atoms with Crippen molar-refractivity contribution < 1.29 is 27.1 Å². The van der Waals surface area contributed by atoms with Gasteiger partial charge in [-0.2, -0.15) is 0 Å². The van der Waals surface area contributed by atoms with Crippen LogP contribution in [-0.2, 0) is 10.0 Å². The van der Waals surface area contributed by atoms with Crippen LogP contribution in [0.4, 0.5) is 11.4 Å². The number of amides is 1. The summed E-state index contributed by atoms with van der Waals surface area (Å²) in [6.45, 7) is 1.59. The maximum atomic E-state index is 12.5. The molecule has 3 rings (SSSR count). The van der Waals surface area contributed by atoms with Crippen molar-refractivity contribution in [2.45, 2.75) is 12.0 Å². The van der Waals surface area contributed by atoms with Crippen LogP contribution < -0.4 is 20.5 Å². The molecule has 9 nitrogen and oxygen atoms in total. The van der Waals surface area contributed by atoms with Crippen LogP contribution >= 0.6 is 0 Å². The largest absolute Gasteiger partial charge is 0.454 e. The summed E-state index contributed by atoms with van der Waals surface area (Å²) in [4.78, 5) is 12.5. The number of sulfonamides is 1. The van der Waals surface area contributed by atoms with Gasteiger partial charge in [0.15, 0.2) is 11.5 Å². The minimum absolute atomic E-state index is 0.0821. The molecule has 1 aromatic heterocycles. The molecular formula is C15H17N3O6S. The van der Waals surface area contributed by atoms with Crippen molar-refractivity contribution in [3.05, 3.63) is 29.5 Å². The van der Waals surface area contributed by atoms with Crippen LogP contribution in [-0.4, -0.2) is 39.5 Å². The molecule has 0 unspecified atom stereocenters. The van der Waals surface area contributed by atoms with Crippen LogP contribution in [0.1, 0.15) is 16.1 Å². The van der Waals surface area contributed by atoms with E-state index in [1.807, 2.05) is 0 Å². The third kappa shape index (κ3) is 3.01. The minimum Gasteiger partial charge on any atom is -0.454 e. The lowest BCUT2D eigenvalue weighted by molar-refractivity contribution is 0.102. The quantitative estimate of drug-likeness (QED) is 0.783. The zero-order valence-electron chi connectivity index (χ0n) is 13.8. The summed E-state index contributed by atoms with van der Waals surface area (Å²) >= 11 is 0. The second-order valence-electron chi connectivity index (χ2n) is 5.57. The summed E-state index contributed by atoms with van der Waals surface area (Å²) in [5, 5.41) is 2.32. The van der Waals surface area contributed by atoms with Gasteiger partial charge < -0.3 is 24.9 Å². The molecule has 0 saturated heterocycles. The number of aryl methyl sites for hydroxylation is 1. The highest BCUT2D eigenvalue weighted by Gasteiger charge is 2.26. The summed E-state index contributed by atoms with van der Waals surface area (Å²) in [5.41, 5.74) is 6.61. The van der Waals surface area contributed by atoms with E-state index in [0.29, 0.717) is 22.9 Å². The van der Waals surface area contributed by atoms with Crippen molar-refractivity contribution in [3.63, 3.8) is 0 Å². The lowest BCUT2D eigenvalue weighted by Gasteiger charge is -2.09. The molecule has 0 spiro atoms. The molecule has 1 amide bonds. The zero-order valence-corrected chi connectivity index (χ0v) is 14.6. The topological polar surface area (TPSA) is 124 Å². The summed E-state index contributed by atoms with van der Waals surface area (Å²) in [6, 6.07) is 4.27. The predicted molar refractivity (Wildman–Crippen MR) is 89.2 cm³/mol. The van der Waals surface area contributed by atoms with Gasteiger partial charge in [0.05, 0.1) is 16.9 Å². The molecule has 25 heavy (non-hydrogen) atoms. The summed E-state index contributed by atoms with van der Waals surface area (Å²) < 4.78 is 40.9. The summed E-state index contributed by atoms with van der Waals surface area (Å²) in [5.74, 6) is 0.586. The molecule has 2 aromatic rings. The van der Waals surface area contributed by atoms with E-state index in [1.54, 1.807) is 12.1 Å². The molecule has 134 valence electrons. The second kappa shape index (κ2) is 5.97. The Labute approximate surface area is 144 Å². The fraction of sp³-hybridized carbons (Fsp3) is 0.267. The van der Waals surface area contributed by atoms with Crippen molar-refractivity contribution in [1.82, 2.24) is 4.31 Å². The molecule has 0 fully saturated rings. The Morgan fingerprint density at radius 2 is 1.84 bits per heavy atom. The molecule has 0 bridgehead atoms. The van der Waals surface area contributed by atoms with Crippen molar-refractivity contribution in [2.24, 2.45) is 0 Å². The standard InChI is InChI=1S/C15H17N3O6S/c1-8-9(4-14(24-8)25(20,21)18(2)3)15(19)17-11-6-13-12(5-10(11)16)22-7-23-13/h4-6H,7,16H2,1-3H3,(H,17,19). The second-order valence-corrected chi connectivity index (χ2v) is 7.65. The Bertz CT molecular complexity index is 948. The van der Waals surface area contributed by atoms with Gasteiger partial charge in [0, 0.05) is 32.3 Å². The lowest BCUT2D eigenvalue weighted by Crippen LogP contribution is -2.21. The fourth-order valence-electron chi connectivity index (χ4n) is 2.24. The highest BCUT2D eigenvalue weighted by atomic mass is 32.2. The van der Waals surface area contributed by atoms with Gasteiger partial charge in [0.25, 0.3) is 15.9 Å². The normalized spacial score (nSPS) is 13.3. The van der Waals surface area contributed by atoms with Crippen molar-refractivity contribution in [3.8, 4) is 11.5 Å². The van der Waals surface area contributed by atoms with E-state index in [0.717, 1.165) is 4.31 Å². The van der Waals surface area contributed by atoms with E-state index >= 15 is 0 Å². The van der Waals surface area contributed by atoms with Crippen LogP contribution in [0.5, 0.6) is 11.5 Å². The number of carbonyl (C=O) groups excluding carboxylic acids is 1. The number of benzene rings is 1. The van der Waals surface area contributed by atoms with Gasteiger partial charge in [-0.25, -0.2) is 12.7 Å². The molecule has 2 heterocycles. The Kier molecular flexibility index (Phi) is 4.09. The van der Waals surface area contributed by atoms with Crippen LogP contribution in [0.2, 0.25) is 0 Å². The first-order valence-electron chi connectivity index (χ1n) is 7.23. The van der Waals surface area contributed by atoms with Crippen LogP contribution in [0, 0.1) is 6.92 Å². The Balaban J connectivity index is 1.89. The number of hydrogen-bond acceptors (Lipinski definition) is 7. The average Bonchev–Trinajstić information content (AvgIpc) is 3.13. The Morgan fingerprint density at radius 3 is 2.48 bits per heavy atom. The maximum Gasteiger partial charge on any atom is 0.275 e. The monoisotopic (exact) mass is 367 g/mol. The molecule has 3 N–H and O–H groups in total. The molecular weight excluding hydrogens is 350 g/mol. The van der Waals surface area contributed by atoms with Crippen molar-refractivity contribution >= 4 is 27.3 Å². The molecule has 1 aliphatic rings. The summed E-state index contributed by atoms with van der Waals surface area (Å²) in [7, 11) is -1.03. The summed E-state index contributed by atoms with van der Waals surface area (Å²) in [6.07, 6.45) is 0. The van der Waals surface area contributed by atoms with Crippen LogP contribution in [0.25, 0.3) is 0 Å². The fourth-order valence-corrected chi connectivity index (χ4v) is 3.10. The van der Waals surface area contributed by atoms with Gasteiger partial charge >= 0.3 is 0 Å². The predicted octanol–water partition coefficient (Wildman–Crippen LogP) is 1.40. The third-order valence-corrected chi connectivity index (χ3v) is 5.34. The number of rotatable bonds is 4. The third-order valence-electron chi connectivity index (χ3n) is 3.67. The number of nitrogen functional groups attached to an aromatic ring is 1. The van der Waals surface area contributed by atoms with Crippen molar-refractivity contribution in [1.29, 1.82) is 0 Å². The zero-order chi connectivity index (χ0) is 18.4. The Morgan fingerprint density at radius 1 is 1.20 bits per heavy atom. The van der Waals surface area contributed by atoms with E-state index < -0.39 is 15.9 Å². The highest BCUT2D eigenvalue weighted by molar-refractivity contribution is 7.88. The average molecular weight is 367 g/mol. The molecule has 1 aliphatic heterocycles. The first-order valence-corrected chi connectivity index (χ1v) is 8.67. The molecule has 0 radical (unpaired) electrons. The van der Waals surface area contributed by atoms with Gasteiger partial charge in [0.2, 0.25) is 11.9 Å². The molecule has 1 aromatic carbocycles. The smallest absolute Gasteiger partial charge is 0.275 e. The van der Waals surface area contributed by atoms with E-state index in [9.17, 15) is 13.2 Å². The van der Waals surface area contributed by atoms with Gasteiger partial charge in [-0.3, -0.25) is 4.79 Å². The van der Waals surface area contributed by atoms with Gasteiger partial charge in [-0.05, 0) is 6.92 Å². The molecule has 0 aliphatic carbocycles. The number of nitrogens with one attached hydrogen (secondary N) is 1. The van der Waals surface area contributed by atoms with Gasteiger partial charge in [0.1, 0.15) is 5.76 Å². The highest BCUT2D eigenvalue weighted by Crippen LogP contribution is 2.38. The number of nitrogens with two attached hydrogens (primary N) is 1. The van der Waals surface area contributed by atoms with E-state index in [2.05, 4.69) is 5.32 Å². The van der Waals surface area contributed by atoms with E-state index in [1.165, 1.54) is 27.1 Å². The first kappa shape index (κ1) is 17.1.